The number of rotatable bonds is 1. The first kappa shape index (κ1) is 8.98. The summed E-state index contributed by atoms with van der Waals surface area (Å²) in [6.07, 6.45) is 3.53. The lowest BCUT2D eigenvalue weighted by Crippen LogP contribution is -2.14. The molecule has 3 rings (SSSR count). The van der Waals surface area contributed by atoms with Gasteiger partial charge in [0, 0.05) is 23.2 Å². The second-order valence-electron chi connectivity index (χ2n) is 4.58. The highest BCUT2D eigenvalue weighted by atomic mass is 14.7. The Morgan fingerprint density at radius 2 is 2.07 bits per heavy atom. The van der Waals surface area contributed by atoms with Crippen LogP contribution in [0.1, 0.15) is 30.9 Å². The topological polar surface area (TPSA) is 41.8 Å². The summed E-state index contributed by atoms with van der Waals surface area (Å²) in [5, 5.41) is 1.31. The van der Waals surface area contributed by atoms with Crippen molar-refractivity contribution < 1.29 is 0 Å². The van der Waals surface area contributed by atoms with Crippen LogP contribution in [-0.4, -0.2) is 11.0 Å². The van der Waals surface area contributed by atoms with E-state index in [2.05, 4.69) is 35.3 Å². The minimum absolute atomic E-state index is 0.404. The van der Waals surface area contributed by atoms with Crippen molar-refractivity contribution in [3.63, 3.8) is 0 Å². The molecule has 1 aromatic heterocycles. The van der Waals surface area contributed by atoms with E-state index in [1.165, 1.54) is 29.4 Å². The maximum atomic E-state index is 5.94. The minimum atomic E-state index is 0.404. The fraction of sp³-hybridized carbons (Fsp3) is 0.385. The smallest absolute Gasteiger partial charge is 0.0456 e. The lowest BCUT2D eigenvalue weighted by Gasteiger charge is -2.05. The van der Waals surface area contributed by atoms with Gasteiger partial charge in [-0.2, -0.15) is 0 Å². The number of fused-ring (bicyclic) bond motifs is 1. The van der Waals surface area contributed by atoms with Crippen LogP contribution in [0.25, 0.3) is 10.9 Å². The zero-order valence-corrected chi connectivity index (χ0v) is 8.74. The monoisotopic (exact) mass is 200 g/mol. The van der Waals surface area contributed by atoms with E-state index in [1.54, 1.807) is 0 Å². The van der Waals surface area contributed by atoms with E-state index < -0.39 is 0 Å². The molecule has 0 amide bonds. The van der Waals surface area contributed by atoms with Gasteiger partial charge in [-0.15, -0.1) is 0 Å². The van der Waals surface area contributed by atoms with E-state index in [0.717, 1.165) is 6.42 Å². The highest BCUT2D eigenvalue weighted by Crippen LogP contribution is 2.34. The number of nitrogens with two attached hydrogens (primary N) is 1. The number of para-hydroxylation sites is 1. The zero-order valence-electron chi connectivity index (χ0n) is 8.74. The molecule has 78 valence electrons. The molecule has 3 N–H and O–H groups in total. The van der Waals surface area contributed by atoms with Crippen LogP contribution in [0.3, 0.4) is 0 Å². The molecule has 0 saturated heterocycles. The summed E-state index contributed by atoms with van der Waals surface area (Å²) in [6, 6.07) is 11.1. The van der Waals surface area contributed by atoms with E-state index in [0.29, 0.717) is 12.0 Å². The third-order valence-electron chi connectivity index (χ3n) is 3.46. The van der Waals surface area contributed by atoms with Gasteiger partial charge in [0.2, 0.25) is 0 Å². The number of hydrogen-bond acceptors (Lipinski definition) is 1. The predicted molar refractivity (Wildman–Crippen MR) is 62.9 cm³/mol. The van der Waals surface area contributed by atoms with Gasteiger partial charge in [-0.05, 0) is 36.8 Å². The molecule has 2 aromatic rings. The quantitative estimate of drug-likeness (QED) is 0.730. The Hall–Kier alpha value is -1.28. The Morgan fingerprint density at radius 1 is 1.20 bits per heavy atom. The second kappa shape index (κ2) is 3.38. The number of aromatic amines is 1. The average Bonchev–Trinajstić information content (AvgIpc) is 2.82. The fourth-order valence-corrected chi connectivity index (χ4v) is 2.61. The normalized spacial score (nSPS) is 26.2. The van der Waals surface area contributed by atoms with Crippen molar-refractivity contribution in [2.45, 2.75) is 31.2 Å². The van der Waals surface area contributed by atoms with Crippen molar-refractivity contribution in [2.24, 2.45) is 5.73 Å². The van der Waals surface area contributed by atoms with Gasteiger partial charge >= 0.3 is 0 Å². The average molecular weight is 200 g/mol. The van der Waals surface area contributed by atoms with Gasteiger partial charge in [-0.3, -0.25) is 0 Å². The number of benzene rings is 1. The van der Waals surface area contributed by atoms with Gasteiger partial charge in [-0.1, -0.05) is 18.2 Å². The van der Waals surface area contributed by atoms with Crippen molar-refractivity contribution in [1.29, 1.82) is 0 Å². The Kier molecular flexibility index (Phi) is 2.03. The molecule has 15 heavy (non-hydrogen) atoms. The first-order valence-electron chi connectivity index (χ1n) is 5.66. The fourth-order valence-electron chi connectivity index (χ4n) is 2.61. The highest BCUT2D eigenvalue weighted by molar-refractivity contribution is 5.80. The molecule has 2 heteroatoms. The van der Waals surface area contributed by atoms with Crippen molar-refractivity contribution in [3.8, 4) is 0 Å². The summed E-state index contributed by atoms with van der Waals surface area (Å²) in [5.41, 5.74) is 8.55. The minimum Gasteiger partial charge on any atom is -0.358 e. The molecule has 1 aliphatic carbocycles. The van der Waals surface area contributed by atoms with Crippen molar-refractivity contribution in [2.75, 3.05) is 0 Å². The van der Waals surface area contributed by atoms with Crippen molar-refractivity contribution >= 4 is 10.9 Å². The van der Waals surface area contributed by atoms with E-state index in [9.17, 15) is 0 Å². The van der Waals surface area contributed by atoms with Gasteiger partial charge < -0.3 is 10.7 Å². The van der Waals surface area contributed by atoms with Crippen LogP contribution in [0.4, 0.5) is 0 Å². The summed E-state index contributed by atoms with van der Waals surface area (Å²) in [7, 11) is 0. The maximum Gasteiger partial charge on any atom is 0.0456 e. The molecule has 0 bridgehead atoms. The molecule has 0 spiro atoms. The molecule has 0 aliphatic heterocycles. The van der Waals surface area contributed by atoms with Gasteiger partial charge in [0.15, 0.2) is 0 Å². The highest BCUT2D eigenvalue weighted by Gasteiger charge is 2.24. The molecular weight excluding hydrogens is 184 g/mol. The molecule has 1 fully saturated rings. The van der Waals surface area contributed by atoms with Crippen LogP contribution in [0.15, 0.2) is 30.3 Å². The number of nitrogens with one attached hydrogen (secondary N) is 1. The second-order valence-corrected chi connectivity index (χ2v) is 4.58. The van der Waals surface area contributed by atoms with Gasteiger partial charge in [0.25, 0.3) is 0 Å². The summed E-state index contributed by atoms with van der Waals surface area (Å²) in [6.45, 7) is 0. The first-order valence-corrected chi connectivity index (χ1v) is 5.66. The molecule has 0 radical (unpaired) electrons. The van der Waals surface area contributed by atoms with Crippen LogP contribution >= 0.6 is 0 Å². The summed E-state index contributed by atoms with van der Waals surface area (Å²) in [4.78, 5) is 3.50. The van der Waals surface area contributed by atoms with E-state index in [-0.39, 0.29) is 0 Å². The number of H-pyrrole nitrogens is 1. The van der Waals surface area contributed by atoms with E-state index in [4.69, 9.17) is 5.73 Å². The van der Waals surface area contributed by atoms with E-state index in [1.807, 2.05) is 0 Å². The number of aromatic nitrogens is 1. The lowest BCUT2D eigenvalue weighted by molar-refractivity contribution is 0.666. The van der Waals surface area contributed by atoms with Crippen LogP contribution < -0.4 is 5.73 Å². The molecular formula is C13H16N2. The standard InChI is InChI=1S/C13H16N2/c14-11-6-5-10(7-11)13-8-9-3-1-2-4-12(9)15-13/h1-4,8,10-11,15H,5-7,14H2. The molecule has 1 saturated carbocycles. The van der Waals surface area contributed by atoms with Crippen molar-refractivity contribution in [3.05, 3.63) is 36.0 Å². The molecule has 2 atom stereocenters. The molecule has 1 aromatic carbocycles. The Bertz CT molecular complexity index is 439. The van der Waals surface area contributed by atoms with Crippen LogP contribution in [-0.2, 0) is 0 Å². The first-order chi connectivity index (χ1) is 7.33. The third kappa shape index (κ3) is 1.55. The van der Waals surface area contributed by atoms with Crippen LogP contribution in [0, 0.1) is 0 Å². The molecule has 2 unspecified atom stereocenters. The van der Waals surface area contributed by atoms with Crippen LogP contribution in [0.2, 0.25) is 0 Å². The molecule has 2 nitrogen and oxygen atoms in total. The Morgan fingerprint density at radius 3 is 2.80 bits per heavy atom. The Balaban J connectivity index is 1.98. The molecule has 1 aliphatic rings. The largest absolute Gasteiger partial charge is 0.358 e. The summed E-state index contributed by atoms with van der Waals surface area (Å²) >= 11 is 0. The van der Waals surface area contributed by atoms with Gasteiger partial charge in [0.05, 0.1) is 0 Å². The lowest BCUT2D eigenvalue weighted by atomic mass is 10.0. The van der Waals surface area contributed by atoms with Crippen molar-refractivity contribution in [1.82, 2.24) is 4.98 Å². The predicted octanol–water partition coefficient (Wildman–Crippen LogP) is 2.76. The molecule has 1 heterocycles. The third-order valence-corrected chi connectivity index (χ3v) is 3.46. The SMILES string of the molecule is NC1CCC(c2cc3ccccc3[nH]2)C1. The maximum absolute atomic E-state index is 5.94. The van der Waals surface area contributed by atoms with Gasteiger partial charge in [-0.25, -0.2) is 0 Å². The van der Waals surface area contributed by atoms with E-state index >= 15 is 0 Å². The Labute approximate surface area is 89.5 Å². The summed E-state index contributed by atoms with van der Waals surface area (Å²) in [5.74, 6) is 0.646. The summed E-state index contributed by atoms with van der Waals surface area (Å²) < 4.78 is 0. The van der Waals surface area contributed by atoms with Crippen LogP contribution in [0.5, 0.6) is 0 Å². The van der Waals surface area contributed by atoms with Gasteiger partial charge in [0.1, 0.15) is 0 Å². The zero-order chi connectivity index (χ0) is 10.3. The number of hydrogen-bond donors (Lipinski definition) is 2.